The molecule has 0 spiro atoms. The maximum atomic E-state index is 13.8. The fourth-order valence-electron chi connectivity index (χ4n) is 2.50. The van der Waals surface area contributed by atoms with Crippen LogP contribution < -0.4 is 11.1 Å². The first-order valence-corrected chi connectivity index (χ1v) is 7.89. The molecule has 0 aromatic carbocycles. The van der Waals surface area contributed by atoms with Gasteiger partial charge in [0.1, 0.15) is 36.2 Å². The highest BCUT2D eigenvalue weighted by molar-refractivity contribution is 6.30. The molecule has 9 heteroatoms. The number of hydrogen-bond donors (Lipinski definition) is 2. The summed E-state index contributed by atoms with van der Waals surface area (Å²) < 4.78 is 42.3. The predicted molar refractivity (Wildman–Crippen MR) is 96.3 cm³/mol. The van der Waals surface area contributed by atoms with E-state index in [0.29, 0.717) is 5.56 Å². The van der Waals surface area contributed by atoms with Crippen molar-refractivity contribution < 1.29 is 18.0 Å². The second kappa shape index (κ2) is 7.35. The summed E-state index contributed by atoms with van der Waals surface area (Å²) in [5, 5.41) is 2.26. The van der Waals surface area contributed by atoms with Crippen molar-refractivity contribution in [1.29, 1.82) is 0 Å². The summed E-state index contributed by atoms with van der Waals surface area (Å²) in [5.74, 6) is -0.536. The van der Waals surface area contributed by atoms with E-state index in [1.807, 2.05) is 0 Å². The number of anilines is 1. The lowest BCUT2D eigenvalue weighted by atomic mass is 9.92. The van der Waals surface area contributed by atoms with E-state index >= 15 is 0 Å². The monoisotopic (exact) mass is 380 g/mol. The van der Waals surface area contributed by atoms with Gasteiger partial charge in [-0.3, -0.25) is 9.79 Å². The third-order valence-electron chi connectivity index (χ3n) is 3.74. The highest BCUT2D eigenvalue weighted by atomic mass is 35.5. The van der Waals surface area contributed by atoms with Gasteiger partial charge < -0.3 is 15.8 Å². The van der Waals surface area contributed by atoms with Gasteiger partial charge in [0.15, 0.2) is 0 Å². The van der Waals surface area contributed by atoms with Gasteiger partial charge >= 0.3 is 0 Å². The second-order valence-electron chi connectivity index (χ2n) is 5.63. The zero-order valence-corrected chi connectivity index (χ0v) is 14.3. The van der Waals surface area contributed by atoms with E-state index in [1.165, 1.54) is 12.3 Å². The molecule has 0 radical (unpaired) electrons. The van der Waals surface area contributed by atoms with Crippen LogP contribution in [0.3, 0.4) is 0 Å². The number of alkyl halides is 1. The molecule has 3 heterocycles. The Balaban J connectivity index is 1.94. The van der Waals surface area contributed by atoms with Crippen molar-refractivity contribution in [3.05, 3.63) is 52.4 Å². The fraction of sp³-hybridized carbons (Fsp3) is 0.294. The smallest absolute Gasteiger partial charge is 0.275 e. The van der Waals surface area contributed by atoms with E-state index < -0.39 is 31.2 Å². The molecule has 3 rings (SSSR count). The third kappa shape index (κ3) is 3.66. The summed E-state index contributed by atoms with van der Waals surface area (Å²) in [6.45, 7) is -1.19. The molecule has 1 atom stereocenters. The maximum absolute atomic E-state index is 13.8. The number of amidine groups is 1. The molecule has 1 unspecified atom stereocenters. The van der Waals surface area contributed by atoms with Gasteiger partial charge in [0.05, 0.1) is 14.4 Å². The fourth-order valence-corrected chi connectivity index (χ4v) is 2.66. The molecule has 0 bridgehead atoms. The van der Waals surface area contributed by atoms with E-state index in [4.69, 9.17) is 26.2 Å². The predicted octanol–water partition coefficient (Wildman–Crippen LogP) is 2.24. The zero-order valence-electron chi connectivity index (χ0n) is 16.6. The Morgan fingerprint density at radius 1 is 1.62 bits per heavy atom. The van der Waals surface area contributed by atoms with Crippen LogP contribution in [0.2, 0.25) is 5.02 Å². The summed E-state index contributed by atoms with van der Waals surface area (Å²) in [5.41, 5.74) is 4.47. The lowest BCUT2D eigenvalue weighted by Gasteiger charge is -2.31. The summed E-state index contributed by atoms with van der Waals surface area (Å²) in [6, 6.07) is 2.68. The van der Waals surface area contributed by atoms with Crippen LogP contribution in [0.4, 0.5) is 10.2 Å². The van der Waals surface area contributed by atoms with Gasteiger partial charge in [-0.25, -0.2) is 14.4 Å². The number of nitrogens with zero attached hydrogens (tertiary/aromatic N) is 3. The first kappa shape index (κ1) is 14.6. The van der Waals surface area contributed by atoms with E-state index in [1.54, 1.807) is 6.07 Å². The number of carbonyl (C=O) groups excluding carboxylic acids is 1. The van der Waals surface area contributed by atoms with Crippen LogP contribution in [0.15, 0.2) is 35.5 Å². The molecule has 7 nitrogen and oxygen atoms in total. The third-order valence-corrected chi connectivity index (χ3v) is 3.91. The first-order chi connectivity index (χ1) is 13.8. The molecule has 1 amide bonds. The lowest BCUT2D eigenvalue weighted by Crippen LogP contribution is -2.41. The van der Waals surface area contributed by atoms with Crippen molar-refractivity contribution in [2.24, 2.45) is 10.7 Å². The maximum Gasteiger partial charge on any atom is 0.275 e. The molecule has 0 saturated carbocycles. The van der Waals surface area contributed by atoms with Crippen molar-refractivity contribution in [2.75, 3.05) is 25.2 Å². The molecule has 0 saturated heterocycles. The number of hydrogen-bond acceptors (Lipinski definition) is 6. The molecule has 0 aliphatic carbocycles. The van der Waals surface area contributed by atoms with E-state index in [9.17, 15) is 9.18 Å². The molecule has 136 valence electrons. The Bertz CT molecular complexity index is 994. The first-order valence-electron chi connectivity index (χ1n) is 9.22. The van der Waals surface area contributed by atoms with Crippen molar-refractivity contribution >= 4 is 29.2 Å². The van der Waals surface area contributed by atoms with Gasteiger partial charge in [0, 0.05) is 13.7 Å². The van der Waals surface area contributed by atoms with E-state index in [-0.39, 0.29) is 47.2 Å². The minimum absolute atomic E-state index is 0.0158. The Morgan fingerprint density at radius 3 is 3.19 bits per heavy atom. The Hall–Kier alpha value is -2.58. The number of carbonyl (C=O) groups is 1. The Kier molecular flexibility index (Phi) is 4.12. The van der Waals surface area contributed by atoms with Crippen molar-refractivity contribution in [3.63, 3.8) is 0 Å². The summed E-state index contributed by atoms with van der Waals surface area (Å²) in [6.07, 6.45) is 0.927. The van der Waals surface area contributed by atoms with Crippen LogP contribution in [-0.2, 0) is 10.3 Å². The van der Waals surface area contributed by atoms with Crippen LogP contribution in [0.25, 0.3) is 0 Å². The number of amides is 1. The van der Waals surface area contributed by atoms with Crippen LogP contribution in [0.1, 0.15) is 25.7 Å². The van der Waals surface area contributed by atoms with Crippen LogP contribution >= 0.6 is 11.6 Å². The van der Waals surface area contributed by atoms with E-state index in [2.05, 4.69) is 20.3 Å². The number of aliphatic imine (C=N–C) groups is 1. The molecule has 1 aliphatic heterocycles. The molecule has 26 heavy (non-hydrogen) atoms. The van der Waals surface area contributed by atoms with Crippen molar-refractivity contribution in [2.45, 2.75) is 12.4 Å². The van der Waals surface area contributed by atoms with Crippen LogP contribution in [0, 0.1) is 6.90 Å². The number of aromatic nitrogens is 2. The number of ether oxygens (including phenoxy) is 1. The van der Waals surface area contributed by atoms with Gasteiger partial charge in [0.2, 0.25) is 0 Å². The topological polar surface area (TPSA) is 102 Å². The molecule has 1 aliphatic rings. The number of nitrogens with two attached hydrogens (primary N) is 1. The normalized spacial score (nSPS) is 21.3. The number of nitrogens with one attached hydrogen (secondary N) is 1. The second-order valence-corrected chi connectivity index (χ2v) is 6.01. The lowest BCUT2D eigenvalue weighted by molar-refractivity contribution is 0.0827. The van der Waals surface area contributed by atoms with Crippen molar-refractivity contribution in [3.8, 4) is 0 Å². The molecule has 0 fully saturated rings. The quantitative estimate of drug-likeness (QED) is 0.846. The SMILES string of the molecule is [2H]Cc1c(C(=O)Nc2cc(C3(CF)COCC(N)=N3)ccn2)nc([2H])c(Cl)c1[2H]. The largest absolute Gasteiger partial charge is 0.385 e. The van der Waals surface area contributed by atoms with E-state index in [0.717, 1.165) is 0 Å². The summed E-state index contributed by atoms with van der Waals surface area (Å²) in [7, 11) is 0. The van der Waals surface area contributed by atoms with Gasteiger partial charge in [-0.05, 0) is 36.2 Å². The minimum atomic E-state index is -1.34. The molecule has 2 aromatic rings. The zero-order chi connectivity index (χ0) is 21.2. The van der Waals surface area contributed by atoms with Crippen molar-refractivity contribution in [1.82, 2.24) is 9.97 Å². The standard InChI is InChI=1S/C17H17ClFN5O2/c1-10-4-12(18)6-22-15(10)16(25)23-14-5-11(2-3-21-14)17(8-19)9-26-7-13(20)24-17/h2-6H,7-9H2,1H3,(H2,20,24)(H,21,23,25)/i1D,4D,6D. The number of halogens is 2. The van der Waals surface area contributed by atoms with Gasteiger partial charge in [-0.2, -0.15) is 0 Å². The molecule has 3 N–H and O–H groups in total. The summed E-state index contributed by atoms with van der Waals surface area (Å²) >= 11 is 5.81. The molecular formula is C17H17ClFN5O2. The highest BCUT2D eigenvalue weighted by Crippen LogP contribution is 2.30. The van der Waals surface area contributed by atoms with Crippen LogP contribution in [-0.4, -0.2) is 41.6 Å². The molecule has 2 aromatic heterocycles. The number of pyridine rings is 2. The Labute approximate surface area is 158 Å². The Morgan fingerprint density at radius 2 is 2.46 bits per heavy atom. The van der Waals surface area contributed by atoms with Gasteiger partial charge in [-0.1, -0.05) is 11.6 Å². The van der Waals surface area contributed by atoms with Crippen LogP contribution in [0.5, 0.6) is 0 Å². The minimum Gasteiger partial charge on any atom is -0.385 e. The van der Waals surface area contributed by atoms with Gasteiger partial charge in [-0.15, -0.1) is 0 Å². The average molecular weight is 381 g/mol. The van der Waals surface area contributed by atoms with Gasteiger partial charge in [0.25, 0.3) is 5.91 Å². The summed E-state index contributed by atoms with van der Waals surface area (Å²) in [4.78, 5) is 24.7. The molecular weight excluding hydrogens is 361 g/mol. The average Bonchev–Trinajstić information content (AvgIpc) is 2.71. The highest BCUT2D eigenvalue weighted by Gasteiger charge is 2.36. The number of rotatable bonds is 4.